The van der Waals surface area contributed by atoms with Crippen LogP contribution < -0.4 is 0 Å². The van der Waals surface area contributed by atoms with Crippen LogP contribution in [0.4, 0.5) is 0 Å². The van der Waals surface area contributed by atoms with Crippen LogP contribution in [0.5, 0.6) is 0 Å². The van der Waals surface area contributed by atoms with Gasteiger partial charge in [-0.15, -0.1) is 0 Å². The molecule has 0 fully saturated rings. The predicted octanol–water partition coefficient (Wildman–Crippen LogP) is 11.7. The molecular weight excluding hydrogens is 743 g/mol. The van der Waals surface area contributed by atoms with E-state index in [1.807, 2.05) is 12.2 Å². The van der Waals surface area contributed by atoms with Crippen molar-refractivity contribution in [3.63, 3.8) is 0 Å². The summed E-state index contributed by atoms with van der Waals surface area (Å²) in [5, 5.41) is 18.3. The number of carbonyl (C=O) groups excluding carboxylic acids is 2. The summed E-state index contributed by atoms with van der Waals surface area (Å²) in [7, 11) is -4.64. The maximum atomic E-state index is 12.6. The van der Waals surface area contributed by atoms with Gasteiger partial charge in [0.2, 0.25) is 0 Å². The molecule has 0 heterocycles. The largest absolute Gasteiger partial charge is 0.472 e. The highest BCUT2D eigenvalue weighted by Crippen LogP contribution is 2.43. The highest BCUT2D eigenvalue weighted by Gasteiger charge is 2.27. The number of aliphatic hydroxyl groups excluding tert-OH is 2. The third-order valence-corrected chi connectivity index (χ3v) is 9.80. The Labute approximate surface area is 346 Å². The van der Waals surface area contributed by atoms with Gasteiger partial charge in [-0.25, -0.2) is 4.57 Å². The summed E-state index contributed by atoms with van der Waals surface area (Å²) in [6.45, 7) is 2.23. The number of hydrogen-bond acceptors (Lipinski definition) is 9. The van der Waals surface area contributed by atoms with Crippen molar-refractivity contribution >= 4 is 19.8 Å². The third-order valence-electron chi connectivity index (χ3n) is 8.85. The second-order valence-electron chi connectivity index (χ2n) is 14.4. The zero-order chi connectivity index (χ0) is 41.9. The fraction of sp³-hybridized carbons (Fsp3) is 0.696. The van der Waals surface area contributed by atoms with Crippen molar-refractivity contribution in [3.8, 4) is 0 Å². The second kappa shape index (κ2) is 41.6. The Morgan fingerprint density at radius 3 is 1.49 bits per heavy atom. The summed E-state index contributed by atoms with van der Waals surface area (Å²) >= 11 is 0. The maximum absolute atomic E-state index is 12.6. The molecule has 0 aliphatic heterocycles. The number of phosphoric ester groups is 1. The van der Waals surface area contributed by atoms with Crippen molar-refractivity contribution in [1.29, 1.82) is 0 Å². The standard InChI is InChI=1S/C46H79O10P/c1-3-5-7-9-11-13-15-17-19-20-21-22-24-26-28-30-32-34-36-38-46(50)56-44(42-55-57(51,52)54-40-43(48)39-47)41-53-45(49)37-35-33-31-29-27-25-23-18-16-14-12-10-8-6-4-2/h11,13,17,19,21-22,26-29,32,34,43-44,47-48H,3-10,12,14-16,18,20,23-25,30-31,33,35-42H2,1-2H3,(H,51,52)/b13-11+,19-17+,22-21+,28-26+,29-27+,34-32+/t43-,44+/m0/s1. The summed E-state index contributed by atoms with van der Waals surface area (Å²) in [6, 6.07) is 0. The molecule has 0 aromatic heterocycles. The van der Waals surface area contributed by atoms with Gasteiger partial charge in [0.25, 0.3) is 0 Å². The van der Waals surface area contributed by atoms with Crippen LogP contribution in [0.1, 0.15) is 168 Å². The van der Waals surface area contributed by atoms with Crippen LogP contribution >= 0.6 is 7.82 Å². The predicted molar refractivity (Wildman–Crippen MR) is 233 cm³/mol. The molecule has 1 unspecified atom stereocenters. The fourth-order valence-electron chi connectivity index (χ4n) is 5.44. The van der Waals surface area contributed by atoms with Gasteiger partial charge in [-0.2, -0.15) is 0 Å². The summed E-state index contributed by atoms with van der Waals surface area (Å²) in [6.07, 6.45) is 47.4. The molecule has 0 aromatic rings. The Kier molecular flexibility index (Phi) is 39.7. The van der Waals surface area contributed by atoms with Crippen LogP contribution in [-0.4, -0.2) is 65.7 Å². The fourth-order valence-corrected chi connectivity index (χ4v) is 6.23. The Balaban J connectivity index is 4.47. The molecule has 328 valence electrons. The quantitative estimate of drug-likeness (QED) is 0.0236. The number of hydrogen-bond donors (Lipinski definition) is 3. The van der Waals surface area contributed by atoms with Crippen molar-refractivity contribution in [2.45, 2.75) is 180 Å². The molecule has 0 saturated carbocycles. The van der Waals surface area contributed by atoms with E-state index in [1.54, 1.807) is 0 Å². The number of rotatable bonds is 40. The van der Waals surface area contributed by atoms with E-state index in [2.05, 4.69) is 79.1 Å². The molecule has 0 rings (SSSR count). The minimum absolute atomic E-state index is 0.0538. The van der Waals surface area contributed by atoms with Gasteiger partial charge in [0.05, 0.1) is 19.8 Å². The van der Waals surface area contributed by atoms with E-state index in [1.165, 1.54) is 83.5 Å². The smallest absolute Gasteiger partial charge is 0.462 e. The van der Waals surface area contributed by atoms with Gasteiger partial charge in [0.15, 0.2) is 6.10 Å². The first-order chi connectivity index (χ1) is 27.7. The highest BCUT2D eigenvalue weighted by atomic mass is 31.2. The number of phosphoric acid groups is 1. The lowest BCUT2D eigenvalue weighted by molar-refractivity contribution is -0.161. The molecule has 0 radical (unpaired) electrons. The molecule has 3 N–H and O–H groups in total. The van der Waals surface area contributed by atoms with E-state index >= 15 is 0 Å². The lowest BCUT2D eigenvalue weighted by atomic mass is 10.1. The van der Waals surface area contributed by atoms with E-state index in [0.717, 1.165) is 44.9 Å². The van der Waals surface area contributed by atoms with Gasteiger partial charge in [-0.05, 0) is 77.0 Å². The van der Waals surface area contributed by atoms with E-state index in [9.17, 15) is 24.2 Å². The van der Waals surface area contributed by atoms with E-state index in [-0.39, 0.29) is 19.4 Å². The average molecular weight is 823 g/mol. The Hall–Kier alpha value is -2.59. The molecule has 0 spiro atoms. The van der Waals surface area contributed by atoms with Crippen LogP contribution in [-0.2, 0) is 32.7 Å². The number of ether oxygens (including phenoxy) is 2. The maximum Gasteiger partial charge on any atom is 0.472 e. The molecule has 0 amide bonds. The topological polar surface area (TPSA) is 149 Å². The molecule has 3 atom stereocenters. The second-order valence-corrected chi connectivity index (χ2v) is 15.8. The van der Waals surface area contributed by atoms with Gasteiger partial charge < -0.3 is 24.6 Å². The first kappa shape index (κ1) is 54.4. The van der Waals surface area contributed by atoms with E-state index < -0.39 is 51.8 Å². The van der Waals surface area contributed by atoms with Gasteiger partial charge in [-0.1, -0.05) is 151 Å². The van der Waals surface area contributed by atoms with Crippen molar-refractivity contribution in [2.75, 3.05) is 26.4 Å². The number of esters is 2. The van der Waals surface area contributed by atoms with E-state index in [0.29, 0.717) is 12.8 Å². The van der Waals surface area contributed by atoms with Crippen molar-refractivity contribution in [3.05, 3.63) is 72.9 Å². The normalized spacial score (nSPS) is 14.5. The summed E-state index contributed by atoms with van der Waals surface area (Å²) in [5.74, 6) is -1.05. The van der Waals surface area contributed by atoms with Gasteiger partial charge >= 0.3 is 19.8 Å². The zero-order valence-corrected chi connectivity index (χ0v) is 36.4. The Morgan fingerprint density at radius 2 is 0.947 bits per heavy atom. The molecule has 0 bridgehead atoms. The molecule has 0 saturated heterocycles. The first-order valence-corrected chi connectivity index (χ1v) is 23.4. The monoisotopic (exact) mass is 823 g/mol. The lowest BCUT2D eigenvalue weighted by Gasteiger charge is -2.20. The SMILES string of the molecule is CCCCC/C=C/C/C=C/C/C=C/C/C=C/C/C=C/CCC(=O)O[C@H](COC(=O)CCCC/C=C/CCCCCCCCCCC)COP(=O)(O)OC[C@@H](O)CO. The van der Waals surface area contributed by atoms with Crippen LogP contribution in [0, 0.1) is 0 Å². The molecular formula is C46H79O10P. The van der Waals surface area contributed by atoms with Crippen LogP contribution in [0.15, 0.2) is 72.9 Å². The molecule has 10 nitrogen and oxygen atoms in total. The molecule has 0 aromatic carbocycles. The first-order valence-electron chi connectivity index (χ1n) is 21.9. The lowest BCUT2D eigenvalue weighted by Crippen LogP contribution is -2.29. The third kappa shape index (κ3) is 41.4. The molecule has 11 heteroatoms. The summed E-state index contributed by atoms with van der Waals surface area (Å²) in [5.41, 5.74) is 0. The molecule has 57 heavy (non-hydrogen) atoms. The summed E-state index contributed by atoms with van der Waals surface area (Å²) in [4.78, 5) is 34.9. The van der Waals surface area contributed by atoms with Crippen molar-refractivity contribution in [1.82, 2.24) is 0 Å². The molecule has 0 aliphatic carbocycles. The van der Waals surface area contributed by atoms with Crippen LogP contribution in [0.3, 0.4) is 0 Å². The van der Waals surface area contributed by atoms with Crippen molar-refractivity contribution < 1.29 is 47.8 Å². The highest BCUT2D eigenvalue weighted by molar-refractivity contribution is 7.47. The van der Waals surface area contributed by atoms with E-state index in [4.69, 9.17) is 19.1 Å². The van der Waals surface area contributed by atoms with Crippen LogP contribution in [0.2, 0.25) is 0 Å². The van der Waals surface area contributed by atoms with Gasteiger partial charge in [0.1, 0.15) is 12.7 Å². The Bertz CT molecular complexity index is 1180. The number of aliphatic hydroxyl groups is 2. The average Bonchev–Trinajstić information content (AvgIpc) is 3.20. The minimum Gasteiger partial charge on any atom is -0.462 e. The summed E-state index contributed by atoms with van der Waals surface area (Å²) < 4.78 is 32.6. The minimum atomic E-state index is -4.64. The van der Waals surface area contributed by atoms with Crippen LogP contribution in [0.25, 0.3) is 0 Å². The number of carbonyl (C=O) groups is 2. The number of unbranched alkanes of at least 4 members (excludes halogenated alkanes) is 14. The van der Waals surface area contributed by atoms with Gasteiger partial charge in [0, 0.05) is 12.8 Å². The van der Waals surface area contributed by atoms with Gasteiger partial charge in [-0.3, -0.25) is 18.6 Å². The molecule has 0 aliphatic rings. The zero-order valence-electron chi connectivity index (χ0n) is 35.5. The van der Waals surface area contributed by atoms with Crippen molar-refractivity contribution in [2.24, 2.45) is 0 Å². The Morgan fingerprint density at radius 1 is 0.526 bits per heavy atom. The number of allylic oxidation sites excluding steroid dienone is 12.